The Bertz CT molecular complexity index is 845. The Morgan fingerprint density at radius 3 is 2.88 bits per heavy atom. The summed E-state index contributed by atoms with van der Waals surface area (Å²) in [6.45, 7) is 3.51. The Labute approximate surface area is 147 Å². The maximum atomic E-state index is 11.5. The SMILES string of the molecule is CCC(=O)NC1=C[SH](c2nc(CO)cc(Nc3cc(C)n[nH]3)n2)C=C1. The van der Waals surface area contributed by atoms with Gasteiger partial charge in [0.15, 0.2) is 5.16 Å². The Hall–Kier alpha value is -2.65. The monoisotopic (exact) mass is 360 g/mol. The quantitative estimate of drug-likeness (QED) is 0.397. The van der Waals surface area contributed by atoms with Crippen LogP contribution in [-0.2, 0) is 11.4 Å². The van der Waals surface area contributed by atoms with Crippen LogP contribution in [-0.4, -0.2) is 31.2 Å². The lowest BCUT2D eigenvalue weighted by atomic mass is 10.4. The van der Waals surface area contributed by atoms with E-state index in [9.17, 15) is 9.90 Å². The number of hydrogen-bond donors (Lipinski definition) is 5. The minimum absolute atomic E-state index is 0.0326. The van der Waals surface area contributed by atoms with Gasteiger partial charge in [-0.15, -0.1) is 10.9 Å². The van der Waals surface area contributed by atoms with Crippen LogP contribution < -0.4 is 10.6 Å². The number of aromatic nitrogens is 4. The summed E-state index contributed by atoms with van der Waals surface area (Å²) in [6.07, 6.45) is 2.29. The zero-order valence-corrected chi connectivity index (χ0v) is 14.8. The Morgan fingerprint density at radius 1 is 1.36 bits per heavy atom. The van der Waals surface area contributed by atoms with Gasteiger partial charge in [-0.1, -0.05) is 6.92 Å². The number of aromatic amines is 1. The predicted octanol–water partition coefficient (Wildman–Crippen LogP) is 2.00. The molecule has 2 aromatic heterocycles. The van der Waals surface area contributed by atoms with Crippen LogP contribution in [0.5, 0.6) is 0 Å². The summed E-state index contributed by atoms with van der Waals surface area (Å²) >= 11 is 0. The largest absolute Gasteiger partial charge is 0.390 e. The van der Waals surface area contributed by atoms with E-state index in [-0.39, 0.29) is 12.5 Å². The molecule has 1 aliphatic heterocycles. The van der Waals surface area contributed by atoms with Crippen molar-refractivity contribution in [2.45, 2.75) is 32.0 Å². The summed E-state index contributed by atoms with van der Waals surface area (Å²) in [5.41, 5.74) is 2.15. The number of carbonyl (C=O) groups is 1. The number of thiol groups is 1. The fourth-order valence-electron chi connectivity index (χ4n) is 2.21. The van der Waals surface area contributed by atoms with Gasteiger partial charge in [-0.2, -0.15) is 5.10 Å². The van der Waals surface area contributed by atoms with Crippen LogP contribution in [0.25, 0.3) is 0 Å². The van der Waals surface area contributed by atoms with Crippen molar-refractivity contribution in [2.24, 2.45) is 0 Å². The molecule has 25 heavy (non-hydrogen) atoms. The number of anilines is 2. The summed E-state index contributed by atoms with van der Waals surface area (Å²) in [7, 11) is -0.879. The number of aryl methyl sites for hydroxylation is 1. The molecule has 0 aliphatic carbocycles. The molecule has 1 amide bonds. The zero-order valence-electron chi connectivity index (χ0n) is 13.9. The topological polar surface area (TPSA) is 116 Å². The molecule has 0 saturated carbocycles. The number of amides is 1. The fourth-order valence-corrected chi connectivity index (χ4v) is 3.79. The van der Waals surface area contributed by atoms with Gasteiger partial charge in [0.1, 0.15) is 11.6 Å². The number of H-pyrrole nitrogens is 1. The molecule has 0 bridgehead atoms. The second kappa shape index (κ2) is 7.49. The van der Waals surface area contributed by atoms with Crippen molar-refractivity contribution in [3.63, 3.8) is 0 Å². The Morgan fingerprint density at radius 2 is 2.20 bits per heavy atom. The number of nitrogens with zero attached hydrogens (tertiary/aromatic N) is 3. The van der Waals surface area contributed by atoms with Crippen molar-refractivity contribution in [2.75, 3.05) is 5.32 Å². The Kier molecular flexibility index (Phi) is 5.15. The van der Waals surface area contributed by atoms with E-state index in [0.717, 1.165) is 11.4 Å². The molecule has 1 aliphatic rings. The van der Waals surface area contributed by atoms with Crippen LogP contribution in [0, 0.1) is 6.92 Å². The molecular formula is C16H20N6O2S. The average Bonchev–Trinajstić information content (AvgIpc) is 3.23. The lowest BCUT2D eigenvalue weighted by Crippen LogP contribution is -2.19. The van der Waals surface area contributed by atoms with Crippen LogP contribution in [0.1, 0.15) is 24.7 Å². The second-order valence-electron chi connectivity index (χ2n) is 5.46. The molecule has 4 N–H and O–H groups in total. The molecule has 2 aromatic rings. The maximum Gasteiger partial charge on any atom is 0.224 e. The molecule has 0 aromatic carbocycles. The highest BCUT2D eigenvalue weighted by Gasteiger charge is 2.15. The average molecular weight is 360 g/mol. The molecule has 3 rings (SSSR count). The highest BCUT2D eigenvalue weighted by Crippen LogP contribution is 2.42. The van der Waals surface area contributed by atoms with E-state index in [1.807, 2.05) is 29.9 Å². The summed E-state index contributed by atoms with van der Waals surface area (Å²) in [4.78, 5) is 20.5. The lowest BCUT2D eigenvalue weighted by Gasteiger charge is -2.12. The van der Waals surface area contributed by atoms with Gasteiger partial charge < -0.3 is 15.7 Å². The van der Waals surface area contributed by atoms with Crippen LogP contribution >= 0.6 is 10.9 Å². The molecule has 1 atom stereocenters. The number of carbonyl (C=O) groups excluding carboxylic acids is 1. The minimum atomic E-state index is -0.879. The predicted molar refractivity (Wildman–Crippen MR) is 97.5 cm³/mol. The highest BCUT2D eigenvalue weighted by molar-refractivity contribution is 8.22. The third-order valence-electron chi connectivity index (χ3n) is 3.43. The first-order valence-corrected chi connectivity index (χ1v) is 9.31. The van der Waals surface area contributed by atoms with Crippen molar-refractivity contribution in [1.29, 1.82) is 0 Å². The summed E-state index contributed by atoms with van der Waals surface area (Å²) < 4.78 is 0. The van der Waals surface area contributed by atoms with E-state index >= 15 is 0 Å². The summed E-state index contributed by atoms with van der Waals surface area (Å²) in [5, 5.41) is 26.9. The van der Waals surface area contributed by atoms with Gasteiger partial charge in [0.25, 0.3) is 0 Å². The molecule has 132 valence electrons. The standard InChI is InChI=1S/C16H20N6O2S/c1-3-15(24)17-11-4-5-25(9-11)16-18-12(8-23)7-13(20-16)19-14-6-10(2)21-22-14/h4-7,9,23,25H,3,8H2,1-2H3,(H,17,24)(H2,18,19,20,21,22). The summed E-state index contributed by atoms with van der Waals surface area (Å²) in [6, 6.07) is 3.55. The fraction of sp³-hybridized carbons (Fsp3) is 0.250. The van der Waals surface area contributed by atoms with Crippen LogP contribution in [0.2, 0.25) is 0 Å². The highest BCUT2D eigenvalue weighted by atomic mass is 32.2. The number of allylic oxidation sites excluding steroid dienone is 1. The van der Waals surface area contributed by atoms with Gasteiger partial charge in [-0.25, -0.2) is 9.97 Å². The number of aliphatic hydroxyl groups excluding tert-OH is 1. The molecule has 0 radical (unpaired) electrons. The first kappa shape index (κ1) is 17.2. The van der Waals surface area contributed by atoms with Crippen molar-refractivity contribution in [1.82, 2.24) is 25.5 Å². The first-order chi connectivity index (χ1) is 12.1. The molecular weight excluding hydrogens is 340 g/mol. The van der Waals surface area contributed by atoms with Crippen molar-refractivity contribution < 1.29 is 9.90 Å². The smallest absolute Gasteiger partial charge is 0.224 e. The van der Waals surface area contributed by atoms with E-state index in [2.05, 4.69) is 30.8 Å². The number of rotatable bonds is 6. The molecule has 8 nitrogen and oxygen atoms in total. The molecule has 3 heterocycles. The van der Waals surface area contributed by atoms with Crippen LogP contribution in [0.3, 0.4) is 0 Å². The third kappa shape index (κ3) is 4.25. The van der Waals surface area contributed by atoms with Crippen molar-refractivity contribution in [3.8, 4) is 0 Å². The number of hydrogen-bond acceptors (Lipinski definition) is 6. The van der Waals surface area contributed by atoms with Crippen molar-refractivity contribution >= 4 is 28.4 Å². The molecule has 0 spiro atoms. The van der Waals surface area contributed by atoms with Crippen molar-refractivity contribution in [3.05, 3.63) is 46.1 Å². The normalized spacial score (nSPS) is 17.4. The zero-order chi connectivity index (χ0) is 17.8. The van der Waals surface area contributed by atoms with E-state index in [4.69, 9.17) is 0 Å². The van der Waals surface area contributed by atoms with Crippen LogP contribution in [0.4, 0.5) is 11.6 Å². The first-order valence-electron chi connectivity index (χ1n) is 7.83. The number of nitrogens with one attached hydrogen (secondary N) is 3. The molecule has 0 saturated heterocycles. The van der Waals surface area contributed by atoms with Gasteiger partial charge in [-0.3, -0.25) is 9.89 Å². The Balaban J connectivity index is 1.83. The summed E-state index contributed by atoms with van der Waals surface area (Å²) in [5.74, 6) is 1.26. The third-order valence-corrected chi connectivity index (χ3v) is 5.12. The molecule has 9 heteroatoms. The number of aliphatic hydroxyl groups is 1. The van der Waals surface area contributed by atoms with Crippen LogP contribution in [0.15, 0.2) is 39.9 Å². The minimum Gasteiger partial charge on any atom is -0.390 e. The second-order valence-corrected chi connectivity index (χ2v) is 7.23. The van der Waals surface area contributed by atoms with E-state index < -0.39 is 10.9 Å². The maximum absolute atomic E-state index is 11.5. The molecule has 0 fully saturated rings. The van der Waals surface area contributed by atoms with Gasteiger partial charge in [0.2, 0.25) is 5.91 Å². The van der Waals surface area contributed by atoms with E-state index in [1.54, 1.807) is 13.0 Å². The van der Waals surface area contributed by atoms with Gasteiger partial charge in [0, 0.05) is 24.3 Å². The van der Waals surface area contributed by atoms with E-state index in [1.165, 1.54) is 0 Å². The van der Waals surface area contributed by atoms with E-state index in [0.29, 0.717) is 28.9 Å². The van der Waals surface area contributed by atoms with Gasteiger partial charge in [0.05, 0.1) is 18.0 Å². The van der Waals surface area contributed by atoms with Gasteiger partial charge >= 0.3 is 0 Å². The molecule has 1 unspecified atom stereocenters. The lowest BCUT2D eigenvalue weighted by molar-refractivity contribution is -0.119. The van der Waals surface area contributed by atoms with Gasteiger partial charge in [-0.05, 0) is 23.8 Å².